The third kappa shape index (κ3) is 4.78. The molecule has 0 bridgehead atoms. The largest absolute Gasteiger partial charge is 0.493 e. The zero-order chi connectivity index (χ0) is 24.5. The van der Waals surface area contributed by atoms with Crippen molar-refractivity contribution in [1.82, 2.24) is 9.97 Å². The molecule has 1 unspecified atom stereocenters. The maximum atomic E-state index is 12.8. The Morgan fingerprint density at radius 2 is 1.94 bits per heavy atom. The van der Waals surface area contributed by atoms with Crippen molar-refractivity contribution in [1.29, 1.82) is 0 Å². The van der Waals surface area contributed by atoms with Crippen LogP contribution in [0.2, 0.25) is 0 Å². The molecule has 6 nitrogen and oxygen atoms in total. The van der Waals surface area contributed by atoms with E-state index in [4.69, 9.17) is 9.15 Å². The number of nitrogens with one attached hydrogen (secondary N) is 1. The number of alkyl halides is 3. The highest BCUT2D eigenvalue weighted by atomic mass is 19.4. The van der Waals surface area contributed by atoms with E-state index in [2.05, 4.69) is 9.97 Å². The maximum Gasteiger partial charge on any atom is 0.416 e. The summed E-state index contributed by atoms with van der Waals surface area (Å²) in [5.41, 5.74) is 1.92. The molecule has 0 aliphatic heterocycles. The standard InChI is InChI=1S/C25H23F3N2O4/c1-3-22-21(30-23(34-22)15-4-6-16(7-5-15)25(26,27)28)10-11-33-17-8-9-20-18(12-17)19(13-29-20)14(2)24(31)32/h4-9,12-14,29H,3,10-11H2,1-2H3,(H,31,32). The van der Waals surface area contributed by atoms with Gasteiger partial charge in [-0.15, -0.1) is 0 Å². The van der Waals surface area contributed by atoms with Crippen molar-refractivity contribution in [2.75, 3.05) is 6.61 Å². The number of carboxylic acid groups (broad SMARTS) is 1. The molecule has 0 amide bonds. The van der Waals surface area contributed by atoms with Crippen LogP contribution in [0.25, 0.3) is 22.4 Å². The van der Waals surface area contributed by atoms with E-state index in [1.165, 1.54) is 12.1 Å². The molecule has 2 N–H and O–H groups in total. The van der Waals surface area contributed by atoms with Gasteiger partial charge in [-0.3, -0.25) is 4.79 Å². The number of carboxylic acids is 1. The Morgan fingerprint density at radius 3 is 2.59 bits per heavy atom. The number of nitrogens with zero attached hydrogens (tertiary/aromatic N) is 1. The third-order valence-electron chi connectivity index (χ3n) is 5.69. The van der Waals surface area contributed by atoms with Gasteiger partial charge in [-0.25, -0.2) is 4.98 Å². The molecule has 0 saturated carbocycles. The second kappa shape index (κ2) is 9.24. The first-order chi connectivity index (χ1) is 16.2. The lowest BCUT2D eigenvalue weighted by molar-refractivity contribution is -0.138. The van der Waals surface area contributed by atoms with Crippen LogP contribution in [-0.2, 0) is 23.8 Å². The Labute approximate surface area is 193 Å². The van der Waals surface area contributed by atoms with E-state index in [0.29, 0.717) is 47.8 Å². The molecular weight excluding hydrogens is 449 g/mol. The molecule has 1 atom stereocenters. The molecule has 2 heterocycles. The van der Waals surface area contributed by atoms with Crippen molar-refractivity contribution in [2.24, 2.45) is 0 Å². The number of ether oxygens (including phenoxy) is 1. The molecule has 2 aromatic carbocycles. The Hall–Kier alpha value is -3.75. The molecule has 2 aromatic heterocycles. The first-order valence-corrected chi connectivity index (χ1v) is 10.8. The maximum absolute atomic E-state index is 12.8. The Kier molecular flexibility index (Phi) is 6.37. The summed E-state index contributed by atoms with van der Waals surface area (Å²) in [5, 5.41) is 10.1. The number of rotatable bonds is 8. The van der Waals surface area contributed by atoms with Crippen LogP contribution in [0.1, 0.15) is 42.3 Å². The average molecular weight is 472 g/mol. The Morgan fingerprint density at radius 1 is 1.21 bits per heavy atom. The molecule has 178 valence electrons. The molecule has 0 fully saturated rings. The van der Waals surface area contributed by atoms with Crippen LogP contribution >= 0.6 is 0 Å². The predicted octanol–water partition coefficient (Wildman–Crippen LogP) is 6.21. The second-order valence-corrected chi connectivity index (χ2v) is 7.93. The van der Waals surface area contributed by atoms with Crippen LogP contribution in [0, 0.1) is 0 Å². The number of H-pyrrole nitrogens is 1. The van der Waals surface area contributed by atoms with E-state index >= 15 is 0 Å². The van der Waals surface area contributed by atoms with Gasteiger partial charge in [0.1, 0.15) is 11.5 Å². The lowest BCUT2D eigenvalue weighted by Crippen LogP contribution is -2.06. The van der Waals surface area contributed by atoms with Crippen LogP contribution in [0.5, 0.6) is 5.75 Å². The molecule has 0 radical (unpaired) electrons. The average Bonchev–Trinajstić information content (AvgIpc) is 3.42. The minimum Gasteiger partial charge on any atom is -0.493 e. The third-order valence-corrected chi connectivity index (χ3v) is 5.69. The lowest BCUT2D eigenvalue weighted by Gasteiger charge is -2.08. The molecule has 0 aliphatic rings. The number of aliphatic carboxylic acids is 1. The van der Waals surface area contributed by atoms with Crippen molar-refractivity contribution in [2.45, 2.75) is 38.8 Å². The number of halogens is 3. The molecule has 9 heteroatoms. The number of oxazole rings is 1. The molecule has 34 heavy (non-hydrogen) atoms. The van der Waals surface area contributed by atoms with Gasteiger partial charge in [0, 0.05) is 35.5 Å². The topological polar surface area (TPSA) is 88.4 Å². The SMILES string of the molecule is CCc1oc(-c2ccc(C(F)(F)F)cc2)nc1CCOc1ccc2[nH]cc(C(C)C(=O)O)c2c1. The van der Waals surface area contributed by atoms with Gasteiger partial charge in [0.2, 0.25) is 5.89 Å². The number of hydrogen-bond donors (Lipinski definition) is 2. The number of fused-ring (bicyclic) bond motifs is 1. The molecular formula is C25H23F3N2O4. The minimum absolute atomic E-state index is 0.265. The number of aromatic nitrogens is 2. The van der Waals surface area contributed by atoms with Crippen LogP contribution in [0.4, 0.5) is 13.2 Å². The van der Waals surface area contributed by atoms with Crippen LogP contribution in [0.15, 0.2) is 53.1 Å². The summed E-state index contributed by atoms with van der Waals surface area (Å²) in [4.78, 5) is 18.9. The van der Waals surface area contributed by atoms with E-state index in [1.807, 2.05) is 13.0 Å². The van der Waals surface area contributed by atoms with E-state index in [9.17, 15) is 23.1 Å². The number of benzene rings is 2. The fourth-order valence-corrected chi connectivity index (χ4v) is 3.75. The highest BCUT2D eigenvalue weighted by molar-refractivity contribution is 5.90. The van der Waals surface area contributed by atoms with Crippen LogP contribution < -0.4 is 4.74 Å². The zero-order valence-corrected chi connectivity index (χ0v) is 18.6. The Bertz CT molecular complexity index is 1310. The van der Waals surface area contributed by atoms with Crippen molar-refractivity contribution in [3.05, 3.63) is 71.2 Å². The van der Waals surface area contributed by atoms with E-state index in [-0.39, 0.29) is 5.89 Å². The highest BCUT2D eigenvalue weighted by Crippen LogP contribution is 2.32. The summed E-state index contributed by atoms with van der Waals surface area (Å²) in [6.07, 6.45) is -1.69. The summed E-state index contributed by atoms with van der Waals surface area (Å²) in [5.74, 6) is -0.0572. The fraction of sp³-hybridized carbons (Fsp3) is 0.280. The number of aromatic amines is 1. The van der Waals surface area contributed by atoms with Crippen LogP contribution in [-0.4, -0.2) is 27.7 Å². The van der Waals surface area contributed by atoms with Gasteiger partial charge in [-0.05, 0) is 55.0 Å². The normalized spacial score (nSPS) is 12.7. The van der Waals surface area contributed by atoms with Crippen molar-refractivity contribution >= 4 is 16.9 Å². The lowest BCUT2D eigenvalue weighted by atomic mass is 10.0. The smallest absolute Gasteiger partial charge is 0.416 e. The summed E-state index contributed by atoms with van der Waals surface area (Å²) >= 11 is 0. The molecule has 0 spiro atoms. The van der Waals surface area contributed by atoms with Gasteiger partial charge >= 0.3 is 12.1 Å². The van der Waals surface area contributed by atoms with Gasteiger partial charge in [-0.2, -0.15) is 13.2 Å². The van der Waals surface area contributed by atoms with Gasteiger partial charge in [0.15, 0.2) is 0 Å². The van der Waals surface area contributed by atoms with E-state index in [1.54, 1.807) is 25.3 Å². The quantitative estimate of drug-likeness (QED) is 0.318. The summed E-state index contributed by atoms with van der Waals surface area (Å²) < 4.78 is 50.1. The summed E-state index contributed by atoms with van der Waals surface area (Å²) in [6, 6.07) is 10.1. The van der Waals surface area contributed by atoms with E-state index in [0.717, 1.165) is 23.0 Å². The monoisotopic (exact) mass is 472 g/mol. The Balaban J connectivity index is 1.47. The van der Waals surface area contributed by atoms with E-state index < -0.39 is 23.6 Å². The minimum atomic E-state index is -4.40. The number of aryl methyl sites for hydroxylation is 1. The van der Waals surface area contributed by atoms with Crippen molar-refractivity contribution in [3.8, 4) is 17.2 Å². The first kappa shape index (κ1) is 23.4. The van der Waals surface area contributed by atoms with Gasteiger partial charge in [-0.1, -0.05) is 6.92 Å². The molecule has 0 saturated heterocycles. The van der Waals surface area contributed by atoms with Crippen molar-refractivity contribution < 1.29 is 32.2 Å². The van der Waals surface area contributed by atoms with Gasteiger partial charge in [0.05, 0.1) is 23.8 Å². The summed E-state index contributed by atoms with van der Waals surface area (Å²) in [7, 11) is 0. The molecule has 4 aromatic rings. The second-order valence-electron chi connectivity index (χ2n) is 7.93. The number of carbonyl (C=O) groups is 1. The van der Waals surface area contributed by atoms with Gasteiger partial charge < -0.3 is 19.2 Å². The highest BCUT2D eigenvalue weighted by Gasteiger charge is 2.30. The molecule has 0 aliphatic carbocycles. The fourth-order valence-electron chi connectivity index (χ4n) is 3.75. The zero-order valence-electron chi connectivity index (χ0n) is 18.6. The molecule has 4 rings (SSSR count). The predicted molar refractivity (Wildman–Crippen MR) is 120 cm³/mol. The van der Waals surface area contributed by atoms with Gasteiger partial charge in [0.25, 0.3) is 0 Å². The van der Waals surface area contributed by atoms with Crippen LogP contribution in [0.3, 0.4) is 0 Å². The van der Waals surface area contributed by atoms with Crippen molar-refractivity contribution in [3.63, 3.8) is 0 Å². The first-order valence-electron chi connectivity index (χ1n) is 10.8. The summed E-state index contributed by atoms with van der Waals surface area (Å²) in [6.45, 7) is 3.84. The number of hydrogen-bond acceptors (Lipinski definition) is 4.